The molecule has 5 heteroatoms. The SMILES string of the molecule is CC1(C)Oc2ccccc2[C@H]2OCC3(CCN(C(=O)c4ccc5ncccc5c4)CC3)C[C@@H]21. The molecule has 4 heterocycles. The topological polar surface area (TPSA) is 51.7 Å². The maximum absolute atomic E-state index is 13.2. The Labute approximate surface area is 194 Å². The van der Waals surface area contributed by atoms with Gasteiger partial charge >= 0.3 is 0 Å². The summed E-state index contributed by atoms with van der Waals surface area (Å²) >= 11 is 0. The fraction of sp³-hybridized carbons (Fsp3) is 0.429. The molecule has 0 unspecified atom stereocenters. The van der Waals surface area contributed by atoms with Crippen molar-refractivity contribution < 1.29 is 14.3 Å². The van der Waals surface area contributed by atoms with Crippen LogP contribution in [0.3, 0.4) is 0 Å². The zero-order valence-corrected chi connectivity index (χ0v) is 19.3. The number of carbonyl (C=O) groups is 1. The molecule has 33 heavy (non-hydrogen) atoms. The predicted molar refractivity (Wildman–Crippen MR) is 127 cm³/mol. The van der Waals surface area contributed by atoms with Crippen LogP contribution in [0.15, 0.2) is 60.8 Å². The zero-order valence-electron chi connectivity index (χ0n) is 19.3. The predicted octanol–water partition coefficient (Wildman–Crippen LogP) is 5.41. The number of piperidine rings is 1. The van der Waals surface area contributed by atoms with E-state index < -0.39 is 0 Å². The normalized spacial score (nSPS) is 25.2. The lowest BCUT2D eigenvalue weighted by molar-refractivity contribution is -0.173. The van der Waals surface area contributed by atoms with E-state index in [0.29, 0.717) is 5.92 Å². The molecule has 0 aliphatic carbocycles. The molecule has 1 aromatic heterocycles. The minimum absolute atomic E-state index is 0.0847. The Morgan fingerprint density at radius 3 is 2.73 bits per heavy atom. The summed E-state index contributed by atoms with van der Waals surface area (Å²) in [5.74, 6) is 1.36. The van der Waals surface area contributed by atoms with Gasteiger partial charge in [-0.15, -0.1) is 0 Å². The summed E-state index contributed by atoms with van der Waals surface area (Å²) in [7, 11) is 0. The van der Waals surface area contributed by atoms with Crippen molar-refractivity contribution >= 4 is 16.8 Å². The first-order valence-corrected chi connectivity index (χ1v) is 12.0. The quantitative estimate of drug-likeness (QED) is 0.506. The highest BCUT2D eigenvalue weighted by Gasteiger charge is 2.52. The molecule has 1 spiro atoms. The smallest absolute Gasteiger partial charge is 0.253 e. The molecular formula is C28H30N2O3. The van der Waals surface area contributed by atoms with Crippen molar-refractivity contribution in [2.24, 2.45) is 11.3 Å². The van der Waals surface area contributed by atoms with Crippen LogP contribution in [0.1, 0.15) is 55.1 Å². The molecule has 5 nitrogen and oxygen atoms in total. The molecule has 0 bridgehead atoms. The number of fused-ring (bicyclic) bond motifs is 4. The van der Waals surface area contributed by atoms with Crippen LogP contribution in [0, 0.1) is 11.3 Å². The van der Waals surface area contributed by atoms with Gasteiger partial charge in [-0.25, -0.2) is 0 Å². The van der Waals surface area contributed by atoms with Crippen LogP contribution in [-0.2, 0) is 4.74 Å². The summed E-state index contributed by atoms with van der Waals surface area (Å²) in [5, 5.41) is 1.00. The van der Waals surface area contributed by atoms with Crippen LogP contribution < -0.4 is 4.74 Å². The van der Waals surface area contributed by atoms with Crippen molar-refractivity contribution in [1.82, 2.24) is 9.88 Å². The van der Waals surface area contributed by atoms with Crippen LogP contribution in [0.5, 0.6) is 5.75 Å². The first-order chi connectivity index (χ1) is 15.9. The summed E-state index contributed by atoms with van der Waals surface area (Å²) in [4.78, 5) is 19.6. The van der Waals surface area contributed by atoms with Crippen LogP contribution in [0.2, 0.25) is 0 Å². The molecule has 3 aromatic rings. The molecule has 2 fully saturated rings. The number of para-hydroxylation sites is 1. The molecule has 1 amide bonds. The number of pyridine rings is 1. The number of hydrogen-bond donors (Lipinski definition) is 0. The average molecular weight is 443 g/mol. The monoisotopic (exact) mass is 442 g/mol. The van der Waals surface area contributed by atoms with Crippen molar-refractivity contribution in [3.05, 3.63) is 71.9 Å². The number of rotatable bonds is 1. The molecule has 2 saturated heterocycles. The van der Waals surface area contributed by atoms with Crippen LogP contribution >= 0.6 is 0 Å². The van der Waals surface area contributed by atoms with E-state index in [4.69, 9.17) is 9.47 Å². The van der Waals surface area contributed by atoms with Crippen molar-refractivity contribution in [1.29, 1.82) is 0 Å². The Morgan fingerprint density at radius 2 is 1.88 bits per heavy atom. The minimum Gasteiger partial charge on any atom is -0.487 e. The third-order valence-electron chi connectivity index (χ3n) is 8.04. The van der Waals surface area contributed by atoms with E-state index in [0.717, 1.165) is 61.2 Å². The van der Waals surface area contributed by atoms with Gasteiger partial charge in [0.15, 0.2) is 0 Å². The third kappa shape index (κ3) is 3.50. The van der Waals surface area contributed by atoms with Crippen LogP contribution in [-0.4, -0.2) is 41.1 Å². The highest BCUT2D eigenvalue weighted by molar-refractivity contribution is 5.98. The largest absolute Gasteiger partial charge is 0.487 e. The number of benzene rings is 2. The molecule has 0 radical (unpaired) electrons. The first-order valence-electron chi connectivity index (χ1n) is 12.0. The first kappa shape index (κ1) is 20.7. The second kappa shape index (κ2) is 7.56. The lowest BCUT2D eigenvalue weighted by Crippen LogP contribution is -2.54. The van der Waals surface area contributed by atoms with Gasteiger partial charge in [0.1, 0.15) is 11.4 Å². The maximum Gasteiger partial charge on any atom is 0.253 e. The minimum atomic E-state index is -0.279. The summed E-state index contributed by atoms with van der Waals surface area (Å²) in [6.45, 7) is 6.67. The molecule has 0 saturated carbocycles. The summed E-state index contributed by atoms with van der Waals surface area (Å²) in [6, 6.07) is 18.0. The Hall–Kier alpha value is -2.92. The van der Waals surface area contributed by atoms with Gasteiger partial charge in [0.05, 0.1) is 18.2 Å². The summed E-state index contributed by atoms with van der Waals surface area (Å²) < 4.78 is 13.0. The highest BCUT2D eigenvalue weighted by Crippen LogP contribution is 2.55. The van der Waals surface area contributed by atoms with Crippen molar-refractivity contribution in [3.63, 3.8) is 0 Å². The van der Waals surface area contributed by atoms with E-state index >= 15 is 0 Å². The van der Waals surface area contributed by atoms with Gasteiger partial charge in [0, 0.05) is 41.7 Å². The van der Waals surface area contributed by atoms with Crippen LogP contribution in [0.4, 0.5) is 0 Å². The van der Waals surface area contributed by atoms with Gasteiger partial charge in [-0.3, -0.25) is 9.78 Å². The van der Waals surface area contributed by atoms with Gasteiger partial charge in [-0.05, 0) is 68.9 Å². The number of carbonyl (C=O) groups excluding carboxylic acids is 1. The van der Waals surface area contributed by atoms with E-state index in [9.17, 15) is 4.79 Å². The second-order valence-corrected chi connectivity index (χ2v) is 10.5. The van der Waals surface area contributed by atoms with Gasteiger partial charge in [0.25, 0.3) is 5.91 Å². The maximum atomic E-state index is 13.2. The molecule has 0 N–H and O–H groups in total. The number of hydrogen-bond acceptors (Lipinski definition) is 4. The fourth-order valence-corrected chi connectivity index (χ4v) is 6.02. The van der Waals surface area contributed by atoms with E-state index in [1.165, 1.54) is 5.56 Å². The number of likely N-dealkylation sites (tertiary alicyclic amines) is 1. The van der Waals surface area contributed by atoms with Crippen molar-refractivity contribution in [3.8, 4) is 5.75 Å². The lowest BCUT2D eigenvalue weighted by Gasteiger charge is -2.54. The zero-order chi connectivity index (χ0) is 22.6. The van der Waals surface area contributed by atoms with E-state index in [1.54, 1.807) is 6.20 Å². The molecule has 3 aliphatic heterocycles. The Morgan fingerprint density at radius 1 is 1.06 bits per heavy atom. The van der Waals surface area contributed by atoms with Gasteiger partial charge in [0.2, 0.25) is 0 Å². The fourth-order valence-electron chi connectivity index (χ4n) is 6.02. The summed E-state index contributed by atoms with van der Waals surface area (Å²) in [6.07, 6.45) is 4.87. The molecule has 3 aliphatic rings. The van der Waals surface area contributed by atoms with Crippen LogP contribution in [0.25, 0.3) is 10.9 Å². The molecule has 170 valence electrons. The van der Waals surface area contributed by atoms with Gasteiger partial charge in [-0.2, -0.15) is 0 Å². The number of aromatic nitrogens is 1. The standard InChI is InChI=1S/C28H30N2O3/c1-27(2)22-17-28(18-32-25(22)21-7-3-4-8-24(21)33-27)11-14-30(15-12-28)26(31)20-9-10-23-19(16-20)6-5-13-29-23/h3-10,13,16,22,25H,11-12,14-15,17-18H2,1-2H3/t22-,25+/m0/s1. The number of ether oxygens (including phenoxy) is 2. The number of amides is 1. The third-order valence-corrected chi connectivity index (χ3v) is 8.04. The van der Waals surface area contributed by atoms with E-state index in [-0.39, 0.29) is 23.0 Å². The van der Waals surface area contributed by atoms with Gasteiger partial charge in [-0.1, -0.05) is 24.3 Å². The van der Waals surface area contributed by atoms with E-state index in [2.05, 4.69) is 31.0 Å². The highest BCUT2D eigenvalue weighted by atomic mass is 16.5. The van der Waals surface area contributed by atoms with E-state index in [1.807, 2.05) is 47.4 Å². The summed E-state index contributed by atoms with van der Waals surface area (Å²) in [5.41, 5.74) is 2.66. The number of nitrogens with zero attached hydrogens (tertiary/aromatic N) is 2. The molecule has 6 rings (SSSR count). The Balaban J connectivity index is 1.18. The molecule has 2 atom stereocenters. The second-order valence-electron chi connectivity index (χ2n) is 10.5. The lowest BCUT2D eigenvalue weighted by atomic mass is 9.64. The van der Waals surface area contributed by atoms with Crippen molar-refractivity contribution in [2.75, 3.05) is 19.7 Å². The molecule has 2 aromatic carbocycles. The van der Waals surface area contributed by atoms with Crippen molar-refractivity contribution in [2.45, 2.75) is 44.8 Å². The Kier molecular flexibility index (Phi) is 4.73. The average Bonchev–Trinajstić information content (AvgIpc) is 2.84. The molecular weight excluding hydrogens is 412 g/mol. The Bertz CT molecular complexity index is 1210. The van der Waals surface area contributed by atoms with Gasteiger partial charge < -0.3 is 14.4 Å².